The van der Waals surface area contributed by atoms with Gasteiger partial charge in [-0.15, -0.1) is 22.7 Å². The highest BCUT2D eigenvalue weighted by atomic mass is 32.1. The summed E-state index contributed by atoms with van der Waals surface area (Å²) in [6.07, 6.45) is 9.34. The summed E-state index contributed by atoms with van der Waals surface area (Å²) in [5, 5.41) is 11.0. The van der Waals surface area contributed by atoms with E-state index in [1.807, 2.05) is 22.7 Å². The average molecular weight is 503 g/mol. The van der Waals surface area contributed by atoms with Crippen molar-refractivity contribution in [1.29, 1.82) is 0 Å². The van der Waals surface area contributed by atoms with Crippen LogP contribution in [0.3, 0.4) is 0 Å². The van der Waals surface area contributed by atoms with Gasteiger partial charge in [-0.2, -0.15) is 0 Å². The molecule has 2 heteroatoms. The predicted molar refractivity (Wildman–Crippen MR) is 164 cm³/mol. The number of aryl methyl sites for hydroxylation is 1. The Hall–Kier alpha value is -2.94. The summed E-state index contributed by atoms with van der Waals surface area (Å²) >= 11 is 3.90. The molecule has 0 spiro atoms. The zero-order valence-electron chi connectivity index (χ0n) is 20.8. The van der Waals surface area contributed by atoms with Gasteiger partial charge in [0.1, 0.15) is 0 Å². The van der Waals surface area contributed by atoms with Crippen LogP contribution >= 0.6 is 22.7 Å². The van der Waals surface area contributed by atoms with E-state index < -0.39 is 0 Å². The number of fused-ring (bicyclic) bond motifs is 10. The molecule has 0 unspecified atom stereocenters. The molecule has 0 radical (unpaired) electrons. The lowest BCUT2D eigenvalue weighted by Gasteiger charge is -2.05. The van der Waals surface area contributed by atoms with Crippen molar-refractivity contribution in [3.63, 3.8) is 0 Å². The van der Waals surface area contributed by atoms with Gasteiger partial charge in [0.05, 0.1) is 0 Å². The van der Waals surface area contributed by atoms with Crippen molar-refractivity contribution >= 4 is 84.6 Å². The summed E-state index contributed by atoms with van der Waals surface area (Å²) in [5.41, 5.74) is 1.49. The molecule has 36 heavy (non-hydrogen) atoms. The zero-order valence-corrected chi connectivity index (χ0v) is 22.4. The Morgan fingerprint density at radius 1 is 0.500 bits per heavy atom. The molecule has 2 heterocycles. The molecule has 178 valence electrons. The minimum atomic E-state index is 1.20. The van der Waals surface area contributed by atoms with E-state index in [9.17, 15) is 0 Å². The molecule has 7 rings (SSSR count). The standard InChI is InChI=1S/C34H30S2/c1-2-3-4-5-6-7-10-22-13-16-26-28-18-15-24-20-29-23(21-30(24)34(28)36-32(26)19-22)14-17-27-25-11-8-9-12-31(25)35-33(27)29/h8-9,11-21H,2-7,10H2,1H3. The van der Waals surface area contributed by atoms with Crippen molar-refractivity contribution < 1.29 is 0 Å². The summed E-state index contributed by atoms with van der Waals surface area (Å²) in [5.74, 6) is 0. The minimum absolute atomic E-state index is 1.20. The van der Waals surface area contributed by atoms with E-state index in [2.05, 4.69) is 85.8 Å². The molecule has 0 bridgehead atoms. The first-order valence-electron chi connectivity index (χ1n) is 13.4. The van der Waals surface area contributed by atoms with Gasteiger partial charge in [0.2, 0.25) is 0 Å². The zero-order chi connectivity index (χ0) is 24.1. The number of benzene rings is 5. The van der Waals surface area contributed by atoms with Crippen LogP contribution in [0.25, 0.3) is 61.9 Å². The van der Waals surface area contributed by atoms with E-state index in [0.29, 0.717) is 0 Å². The molecular formula is C34H30S2. The molecule has 0 atom stereocenters. The third kappa shape index (κ3) is 3.70. The summed E-state index contributed by atoms with van der Waals surface area (Å²) in [7, 11) is 0. The third-order valence-electron chi connectivity index (χ3n) is 7.82. The largest absolute Gasteiger partial charge is 0.135 e. The first kappa shape index (κ1) is 22.3. The molecule has 0 aliphatic rings. The van der Waals surface area contributed by atoms with Crippen LogP contribution in [0.1, 0.15) is 51.0 Å². The van der Waals surface area contributed by atoms with E-state index in [1.165, 1.54) is 112 Å². The quantitative estimate of drug-likeness (QED) is 0.150. The van der Waals surface area contributed by atoms with Gasteiger partial charge < -0.3 is 0 Å². The van der Waals surface area contributed by atoms with Crippen LogP contribution in [0.5, 0.6) is 0 Å². The van der Waals surface area contributed by atoms with Gasteiger partial charge in [-0.05, 0) is 53.4 Å². The summed E-state index contributed by atoms with van der Waals surface area (Å²) in [4.78, 5) is 0. The summed E-state index contributed by atoms with van der Waals surface area (Å²) in [6, 6.07) is 30.2. The maximum absolute atomic E-state index is 2.46. The normalized spacial score (nSPS) is 12.2. The Balaban J connectivity index is 1.30. The van der Waals surface area contributed by atoms with Gasteiger partial charge in [0, 0.05) is 51.1 Å². The lowest BCUT2D eigenvalue weighted by atomic mass is 9.99. The Morgan fingerprint density at radius 2 is 1.11 bits per heavy atom. The molecule has 0 aliphatic heterocycles. The first-order chi connectivity index (χ1) is 17.8. The van der Waals surface area contributed by atoms with Gasteiger partial charge in [-0.1, -0.05) is 93.6 Å². The minimum Gasteiger partial charge on any atom is -0.135 e. The van der Waals surface area contributed by atoms with E-state index in [0.717, 1.165) is 0 Å². The summed E-state index contributed by atoms with van der Waals surface area (Å²) in [6.45, 7) is 2.29. The van der Waals surface area contributed by atoms with E-state index in [-0.39, 0.29) is 0 Å². The van der Waals surface area contributed by atoms with E-state index >= 15 is 0 Å². The molecule has 7 aromatic rings. The van der Waals surface area contributed by atoms with Gasteiger partial charge in [-0.3, -0.25) is 0 Å². The molecule has 0 saturated carbocycles. The molecule has 2 aromatic heterocycles. The lowest BCUT2D eigenvalue weighted by molar-refractivity contribution is 0.607. The average Bonchev–Trinajstić information content (AvgIpc) is 3.48. The maximum Gasteiger partial charge on any atom is 0.0434 e. The van der Waals surface area contributed by atoms with Gasteiger partial charge >= 0.3 is 0 Å². The van der Waals surface area contributed by atoms with Crippen LogP contribution in [0.4, 0.5) is 0 Å². The van der Waals surface area contributed by atoms with E-state index in [1.54, 1.807) is 0 Å². The fourth-order valence-electron chi connectivity index (χ4n) is 5.87. The number of unbranched alkanes of at least 4 members (excludes halogenated alkanes) is 5. The number of hydrogen-bond acceptors (Lipinski definition) is 2. The van der Waals surface area contributed by atoms with Crippen LogP contribution in [0, 0.1) is 0 Å². The van der Waals surface area contributed by atoms with Crippen molar-refractivity contribution in [2.24, 2.45) is 0 Å². The molecule has 0 nitrogen and oxygen atoms in total. The van der Waals surface area contributed by atoms with Crippen LogP contribution < -0.4 is 0 Å². The first-order valence-corrected chi connectivity index (χ1v) is 15.1. The second-order valence-corrected chi connectivity index (χ2v) is 12.3. The number of rotatable bonds is 7. The second-order valence-electron chi connectivity index (χ2n) is 10.2. The Kier molecular flexibility index (Phi) is 5.68. The predicted octanol–water partition coefficient (Wildman–Crippen LogP) is 11.6. The molecule has 0 N–H and O–H groups in total. The van der Waals surface area contributed by atoms with Crippen LogP contribution in [-0.2, 0) is 6.42 Å². The van der Waals surface area contributed by atoms with E-state index in [4.69, 9.17) is 0 Å². The highest BCUT2D eigenvalue weighted by molar-refractivity contribution is 7.27. The highest BCUT2D eigenvalue weighted by Gasteiger charge is 2.13. The smallest absolute Gasteiger partial charge is 0.0434 e. The van der Waals surface area contributed by atoms with Crippen LogP contribution in [-0.4, -0.2) is 0 Å². The molecule has 0 amide bonds. The number of thiophene rings is 2. The second kappa shape index (κ2) is 9.18. The Morgan fingerprint density at radius 3 is 1.86 bits per heavy atom. The fraction of sp³-hybridized carbons (Fsp3) is 0.235. The molecule has 0 saturated heterocycles. The topological polar surface area (TPSA) is 0 Å². The number of hydrogen-bond donors (Lipinski definition) is 0. The monoisotopic (exact) mass is 502 g/mol. The van der Waals surface area contributed by atoms with Crippen molar-refractivity contribution in [3.05, 3.63) is 84.4 Å². The Labute approximate surface area is 220 Å². The van der Waals surface area contributed by atoms with Crippen molar-refractivity contribution in [3.8, 4) is 0 Å². The third-order valence-corrected chi connectivity index (χ3v) is 10.2. The van der Waals surface area contributed by atoms with Gasteiger partial charge in [0.15, 0.2) is 0 Å². The Bertz CT molecular complexity index is 1880. The highest BCUT2D eigenvalue weighted by Crippen LogP contribution is 2.43. The SMILES string of the molecule is CCCCCCCCc1ccc2c(c1)sc1c3cc4ccc5c6ccccc6sc5c4cc3ccc21. The van der Waals surface area contributed by atoms with Crippen molar-refractivity contribution in [1.82, 2.24) is 0 Å². The van der Waals surface area contributed by atoms with Gasteiger partial charge in [0.25, 0.3) is 0 Å². The van der Waals surface area contributed by atoms with Crippen LogP contribution in [0.2, 0.25) is 0 Å². The van der Waals surface area contributed by atoms with Crippen molar-refractivity contribution in [2.45, 2.75) is 51.9 Å². The lowest BCUT2D eigenvalue weighted by Crippen LogP contribution is -1.86. The van der Waals surface area contributed by atoms with Gasteiger partial charge in [-0.25, -0.2) is 0 Å². The molecule has 0 aliphatic carbocycles. The fourth-order valence-corrected chi connectivity index (χ4v) is 8.39. The van der Waals surface area contributed by atoms with Crippen LogP contribution in [0.15, 0.2) is 78.9 Å². The van der Waals surface area contributed by atoms with Crippen molar-refractivity contribution in [2.75, 3.05) is 0 Å². The molecule has 5 aromatic carbocycles. The molecule has 0 fully saturated rings. The molecular weight excluding hydrogens is 473 g/mol. The summed E-state index contributed by atoms with van der Waals surface area (Å²) < 4.78 is 5.64. The maximum atomic E-state index is 2.46.